The monoisotopic (exact) mass is 496 g/mol. The molecular formula is C24H25FN6OS2. The maximum atomic E-state index is 15.4. The van der Waals surface area contributed by atoms with E-state index in [1.54, 1.807) is 0 Å². The first kappa shape index (κ1) is 21.8. The minimum absolute atomic E-state index is 0.212. The second-order valence-electron chi connectivity index (χ2n) is 9.49. The number of thiazole rings is 1. The molecule has 0 spiro atoms. The molecule has 1 amide bonds. The number of aromatic nitrogens is 1. The quantitative estimate of drug-likeness (QED) is 0.513. The number of rotatable bonds is 3. The molecule has 3 atom stereocenters. The summed E-state index contributed by atoms with van der Waals surface area (Å²) in [6, 6.07) is 4.50. The Balaban J connectivity index is 1.24. The number of carbonyl (C=O) groups excluding carboxylic acids is 1. The third-order valence-electron chi connectivity index (χ3n) is 7.27. The van der Waals surface area contributed by atoms with Crippen LogP contribution in [-0.4, -0.2) is 42.1 Å². The minimum Gasteiger partial charge on any atom is -0.396 e. The first-order chi connectivity index (χ1) is 16.4. The van der Waals surface area contributed by atoms with Crippen molar-refractivity contribution in [2.45, 2.75) is 57.2 Å². The topological polar surface area (TPSA) is 107 Å². The van der Waals surface area contributed by atoms with Gasteiger partial charge in [-0.05, 0) is 56.2 Å². The van der Waals surface area contributed by atoms with Crippen molar-refractivity contribution in [3.63, 3.8) is 0 Å². The molecule has 176 valence electrons. The molecule has 7 nitrogen and oxygen atoms in total. The van der Waals surface area contributed by atoms with Gasteiger partial charge in [0.2, 0.25) is 0 Å². The number of nitrogen functional groups attached to an aromatic ring is 1. The summed E-state index contributed by atoms with van der Waals surface area (Å²) in [7, 11) is 0. The van der Waals surface area contributed by atoms with Crippen molar-refractivity contribution in [3.8, 4) is 6.07 Å². The van der Waals surface area contributed by atoms with Gasteiger partial charge in [0.05, 0.1) is 26.6 Å². The van der Waals surface area contributed by atoms with Crippen molar-refractivity contribution in [1.29, 1.82) is 5.26 Å². The highest BCUT2D eigenvalue weighted by Crippen LogP contribution is 2.38. The summed E-state index contributed by atoms with van der Waals surface area (Å²) in [6.45, 7) is 3.52. The highest BCUT2D eigenvalue weighted by molar-refractivity contribution is 7.29. The molecule has 2 aliphatic heterocycles. The number of nitrogens with zero attached hydrogens (tertiary/aromatic N) is 3. The molecule has 6 rings (SSSR count). The zero-order valence-electron chi connectivity index (χ0n) is 18.8. The van der Waals surface area contributed by atoms with Crippen molar-refractivity contribution >= 4 is 49.5 Å². The fraction of sp³-hybridized carbons (Fsp3) is 0.458. The van der Waals surface area contributed by atoms with Gasteiger partial charge in [-0.25, -0.2) is 9.37 Å². The van der Waals surface area contributed by atoms with Gasteiger partial charge in [0.1, 0.15) is 21.6 Å². The Hall–Kier alpha value is -2.74. The van der Waals surface area contributed by atoms with Gasteiger partial charge < -0.3 is 21.3 Å². The number of amides is 1. The third kappa shape index (κ3) is 3.54. The van der Waals surface area contributed by atoms with E-state index in [2.05, 4.69) is 26.6 Å². The predicted molar refractivity (Wildman–Crippen MR) is 133 cm³/mol. The molecule has 2 saturated heterocycles. The summed E-state index contributed by atoms with van der Waals surface area (Å²) in [5.41, 5.74) is 9.34. The Kier molecular flexibility index (Phi) is 5.24. The normalized spacial score (nSPS) is 23.7. The second-order valence-corrected chi connectivity index (χ2v) is 11.7. The minimum atomic E-state index is -0.287. The molecular weight excluding hydrogens is 471 g/mol. The van der Waals surface area contributed by atoms with Crippen molar-refractivity contribution in [1.82, 2.24) is 15.6 Å². The summed E-state index contributed by atoms with van der Waals surface area (Å²) >= 11 is 2.78. The average molecular weight is 497 g/mol. The van der Waals surface area contributed by atoms with E-state index < -0.39 is 0 Å². The molecule has 34 heavy (non-hydrogen) atoms. The van der Waals surface area contributed by atoms with Gasteiger partial charge in [-0.1, -0.05) is 0 Å². The molecule has 1 aliphatic carbocycles. The van der Waals surface area contributed by atoms with Gasteiger partial charge >= 0.3 is 0 Å². The lowest BCUT2D eigenvalue weighted by molar-refractivity contribution is 0.0938. The Morgan fingerprint density at radius 3 is 2.76 bits per heavy atom. The molecule has 3 aliphatic rings. The van der Waals surface area contributed by atoms with Crippen molar-refractivity contribution in [2.24, 2.45) is 0 Å². The molecule has 3 aromatic rings. The van der Waals surface area contributed by atoms with E-state index in [0.717, 1.165) is 46.0 Å². The Bertz CT molecular complexity index is 1350. The number of nitrogens with two attached hydrogens (primary N) is 1. The maximum absolute atomic E-state index is 15.4. The van der Waals surface area contributed by atoms with E-state index >= 15 is 4.39 Å². The zero-order chi connectivity index (χ0) is 23.6. The van der Waals surface area contributed by atoms with Crippen LogP contribution in [0.25, 0.3) is 9.53 Å². The molecule has 2 bridgehead atoms. The standard InChI is InChI=1S/C24H25FN6OS2/c1-11-28-24-22(33-11)20(27)21(34-24)23(32)30-12-4-5-15-16(6-12)18(25)7-19(17(15)8-26)31-9-13-2-3-14(10-31)29-13/h7,12-14,29H,2-6,9-10,27H2,1H3,(H,30,32)/t12-,13?,14?/m0/s1. The number of benzene rings is 1. The van der Waals surface area contributed by atoms with Gasteiger partial charge in [0, 0.05) is 31.2 Å². The fourth-order valence-corrected chi connectivity index (χ4v) is 7.80. The summed E-state index contributed by atoms with van der Waals surface area (Å²) in [5.74, 6) is -0.530. The number of hydrogen-bond acceptors (Lipinski definition) is 8. The maximum Gasteiger partial charge on any atom is 0.263 e. The summed E-state index contributed by atoms with van der Waals surface area (Å²) in [4.78, 5) is 20.8. The first-order valence-electron chi connectivity index (χ1n) is 11.6. The number of halogens is 1. The molecule has 2 unspecified atom stereocenters. The number of thiophene rings is 1. The molecule has 2 fully saturated rings. The lowest BCUT2D eigenvalue weighted by Crippen LogP contribution is -2.51. The van der Waals surface area contributed by atoms with E-state index in [9.17, 15) is 10.1 Å². The van der Waals surface area contributed by atoms with Crippen LogP contribution in [0.5, 0.6) is 0 Å². The van der Waals surface area contributed by atoms with Crippen LogP contribution in [0.2, 0.25) is 0 Å². The highest BCUT2D eigenvalue weighted by Gasteiger charge is 2.35. The number of anilines is 2. The van der Waals surface area contributed by atoms with Crippen LogP contribution in [0.15, 0.2) is 6.07 Å². The van der Waals surface area contributed by atoms with Gasteiger partial charge in [-0.2, -0.15) is 5.26 Å². The van der Waals surface area contributed by atoms with Crippen LogP contribution in [0, 0.1) is 24.1 Å². The Morgan fingerprint density at radius 1 is 1.29 bits per heavy atom. The fourth-order valence-electron chi connectivity index (χ4n) is 5.71. The van der Waals surface area contributed by atoms with Crippen LogP contribution in [-0.2, 0) is 12.8 Å². The number of piperazine rings is 1. The molecule has 4 N–H and O–H groups in total. The van der Waals surface area contributed by atoms with E-state index in [1.165, 1.54) is 28.7 Å². The van der Waals surface area contributed by atoms with E-state index in [4.69, 9.17) is 5.73 Å². The summed E-state index contributed by atoms with van der Waals surface area (Å²) < 4.78 is 16.2. The van der Waals surface area contributed by atoms with Crippen molar-refractivity contribution in [3.05, 3.63) is 38.5 Å². The second kappa shape index (κ2) is 8.18. The SMILES string of the molecule is Cc1nc2sc(C(=O)N[C@H]3CCc4c(C#N)c(N5CC6CCC(C5)N6)cc(F)c4C3)c(N)c2s1. The highest BCUT2D eigenvalue weighted by atomic mass is 32.1. The average Bonchev–Trinajstić information content (AvgIpc) is 3.46. The van der Waals surface area contributed by atoms with Gasteiger partial charge in [0.25, 0.3) is 5.91 Å². The molecule has 1 aromatic carbocycles. The van der Waals surface area contributed by atoms with E-state index in [0.29, 0.717) is 58.7 Å². The van der Waals surface area contributed by atoms with Gasteiger partial charge in [-0.3, -0.25) is 4.79 Å². The van der Waals surface area contributed by atoms with Gasteiger partial charge in [0.15, 0.2) is 0 Å². The number of fused-ring (bicyclic) bond motifs is 4. The van der Waals surface area contributed by atoms with Crippen LogP contribution in [0.3, 0.4) is 0 Å². The first-order valence-corrected chi connectivity index (χ1v) is 13.3. The number of nitrogens with one attached hydrogen (secondary N) is 2. The van der Waals surface area contributed by atoms with Crippen molar-refractivity contribution in [2.75, 3.05) is 23.7 Å². The predicted octanol–water partition coefficient (Wildman–Crippen LogP) is 3.49. The number of aryl methyl sites for hydroxylation is 1. The molecule has 2 aromatic heterocycles. The number of hydrogen-bond donors (Lipinski definition) is 3. The summed E-state index contributed by atoms with van der Waals surface area (Å²) in [5, 5.41) is 17.5. The Labute approximate surface area is 204 Å². The van der Waals surface area contributed by atoms with E-state index in [-0.39, 0.29) is 17.8 Å². The van der Waals surface area contributed by atoms with E-state index in [1.807, 2.05) is 6.92 Å². The summed E-state index contributed by atoms with van der Waals surface area (Å²) in [6.07, 6.45) is 3.83. The van der Waals surface area contributed by atoms with Gasteiger partial charge in [-0.15, -0.1) is 22.7 Å². The van der Waals surface area contributed by atoms with Crippen LogP contribution in [0.1, 0.15) is 50.6 Å². The lowest BCUT2D eigenvalue weighted by Gasteiger charge is -2.36. The van der Waals surface area contributed by atoms with Crippen LogP contribution in [0.4, 0.5) is 15.8 Å². The zero-order valence-corrected chi connectivity index (χ0v) is 20.4. The molecule has 4 heterocycles. The van der Waals surface area contributed by atoms with Crippen molar-refractivity contribution < 1.29 is 9.18 Å². The largest absolute Gasteiger partial charge is 0.396 e. The molecule has 0 saturated carbocycles. The third-order valence-corrected chi connectivity index (χ3v) is 9.50. The number of nitriles is 1. The molecule has 10 heteroatoms. The lowest BCUT2D eigenvalue weighted by atomic mass is 9.84. The van der Waals surface area contributed by atoms with Crippen LogP contribution < -0.4 is 21.3 Å². The smallest absolute Gasteiger partial charge is 0.263 e. The molecule has 0 radical (unpaired) electrons. The Morgan fingerprint density at radius 2 is 2.06 bits per heavy atom. The number of carbonyl (C=O) groups is 1. The van der Waals surface area contributed by atoms with Crippen LogP contribution >= 0.6 is 22.7 Å².